The average molecular weight is 287 g/mol. The van der Waals surface area contributed by atoms with Crippen LogP contribution >= 0.6 is 0 Å². The minimum Gasteiger partial charge on any atom is -0.385 e. The van der Waals surface area contributed by atoms with Crippen LogP contribution < -0.4 is 5.73 Å². The molecule has 21 heavy (non-hydrogen) atoms. The average Bonchev–Trinajstić information content (AvgIpc) is 2.48. The van der Waals surface area contributed by atoms with Crippen LogP contribution in [0.5, 0.6) is 0 Å². The first kappa shape index (κ1) is 15.1. The molecular formula is C19H29NO. The number of hydrogen-bond donors (Lipinski definition) is 2. The molecular weight excluding hydrogens is 258 g/mol. The third kappa shape index (κ3) is 2.33. The van der Waals surface area contributed by atoms with E-state index in [9.17, 15) is 5.11 Å². The Hall–Kier alpha value is -0.860. The molecule has 116 valence electrons. The van der Waals surface area contributed by atoms with Gasteiger partial charge in [-0.3, -0.25) is 0 Å². The largest absolute Gasteiger partial charge is 0.385 e. The van der Waals surface area contributed by atoms with Crippen LogP contribution in [-0.4, -0.2) is 11.7 Å². The van der Waals surface area contributed by atoms with E-state index >= 15 is 0 Å². The fraction of sp³-hybridized carbons (Fsp3) is 0.684. The minimum atomic E-state index is -0.729. The Labute approximate surface area is 128 Å². The number of rotatable bonds is 2. The molecule has 2 aliphatic rings. The molecule has 1 fully saturated rings. The zero-order valence-electron chi connectivity index (χ0n) is 13.5. The predicted octanol–water partition coefficient (Wildman–Crippen LogP) is 3.76. The first-order chi connectivity index (χ1) is 9.93. The normalized spacial score (nSPS) is 30.7. The molecule has 1 aromatic rings. The molecule has 0 aliphatic heterocycles. The summed E-state index contributed by atoms with van der Waals surface area (Å²) in [6.07, 6.45) is 7.43. The molecule has 0 radical (unpaired) electrons. The highest BCUT2D eigenvalue weighted by atomic mass is 16.3. The van der Waals surface area contributed by atoms with Gasteiger partial charge in [0, 0.05) is 12.0 Å². The first-order valence-electron chi connectivity index (χ1n) is 8.43. The lowest BCUT2D eigenvalue weighted by molar-refractivity contribution is -0.128. The van der Waals surface area contributed by atoms with E-state index in [1.165, 1.54) is 5.56 Å². The molecule has 3 rings (SSSR count). The van der Waals surface area contributed by atoms with Gasteiger partial charge >= 0.3 is 0 Å². The Kier molecular flexibility index (Phi) is 3.66. The molecule has 0 amide bonds. The molecule has 0 bridgehead atoms. The molecule has 0 heterocycles. The van der Waals surface area contributed by atoms with Crippen molar-refractivity contribution in [3.63, 3.8) is 0 Å². The molecule has 1 aromatic carbocycles. The van der Waals surface area contributed by atoms with Gasteiger partial charge in [0.15, 0.2) is 0 Å². The van der Waals surface area contributed by atoms with E-state index in [1.807, 2.05) is 0 Å². The van der Waals surface area contributed by atoms with E-state index in [2.05, 4.69) is 38.1 Å². The number of hydrogen-bond acceptors (Lipinski definition) is 2. The second-order valence-electron chi connectivity index (χ2n) is 8.02. The van der Waals surface area contributed by atoms with Crippen LogP contribution in [0, 0.1) is 10.8 Å². The van der Waals surface area contributed by atoms with Crippen LogP contribution in [0.1, 0.15) is 63.5 Å². The molecule has 3 N–H and O–H groups in total. The molecule has 1 saturated carbocycles. The topological polar surface area (TPSA) is 46.2 Å². The quantitative estimate of drug-likeness (QED) is 0.870. The zero-order chi connectivity index (χ0) is 15.1. The van der Waals surface area contributed by atoms with Crippen molar-refractivity contribution in [3.05, 3.63) is 35.4 Å². The fourth-order valence-electron chi connectivity index (χ4n) is 4.55. The summed E-state index contributed by atoms with van der Waals surface area (Å²) >= 11 is 0. The summed E-state index contributed by atoms with van der Waals surface area (Å²) < 4.78 is 0. The van der Waals surface area contributed by atoms with Gasteiger partial charge in [-0.2, -0.15) is 0 Å². The Bertz CT molecular complexity index is 512. The smallest absolute Gasteiger partial charge is 0.0967 e. The van der Waals surface area contributed by atoms with E-state index < -0.39 is 5.60 Å². The molecule has 0 aromatic heterocycles. The Morgan fingerprint density at radius 3 is 2.38 bits per heavy atom. The summed E-state index contributed by atoms with van der Waals surface area (Å²) in [4.78, 5) is 0. The van der Waals surface area contributed by atoms with Crippen LogP contribution in [0.3, 0.4) is 0 Å². The maximum Gasteiger partial charge on any atom is 0.0967 e. The maximum absolute atomic E-state index is 11.7. The summed E-state index contributed by atoms with van der Waals surface area (Å²) in [7, 11) is 0. The third-order valence-electron chi connectivity index (χ3n) is 6.28. The van der Waals surface area contributed by atoms with Crippen molar-refractivity contribution in [1.29, 1.82) is 0 Å². The van der Waals surface area contributed by atoms with Gasteiger partial charge < -0.3 is 10.8 Å². The lowest BCUT2D eigenvalue weighted by Crippen LogP contribution is -2.54. The highest BCUT2D eigenvalue weighted by Gasteiger charge is 2.53. The first-order valence-corrected chi connectivity index (χ1v) is 8.43. The highest BCUT2D eigenvalue weighted by molar-refractivity contribution is 5.37. The standard InChI is InChI=1S/C19H29NO/c1-17(2)10-12-18(14-20,13-11-17)19(21)9-5-7-15-6-3-4-8-16(15)19/h3-4,6,8,21H,5,7,9-14,20H2,1-2H3. The number of aryl methyl sites for hydroxylation is 1. The summed E-state index contributed by atoms with van der Waals surface area (Å²) in [5.41, 5.74) is 8.24. The van der Waals surface area contributed by atoms with Crippen LogP contribution in [-0.2, 0) is 12.0 Å². The molecule has 2 heteroatoms. The van der Waals surface area contributed by atoms with Gasteiger partial charge in [-0.25, -0.2) is 0 Å². The van der Waals surface area contributed by atoms with Crippen molar-refractivity contribution in [3.8, 4) is 0 Å². The molecule has 2 aliphatic carbocycles. The fourth-order valence-corrected chi connectivity index (χ4v) is 4.55. The monoisotopic (exact) mass is 287 g/mol. The van der Waals surface area contributed by atoms with Crippen molar-refractivity contribution < 1.29 is 5.11 Å². The van der Waals surface area contributed by atoms with Crippen molar-refractivity contribution in [1.82, 2.24) is 0 Å². The van der Waals surface area contributed by atoms with E-state index in [1.54, 1.807) is 0 Å². The summed E-state index contributed by atoms with van der Waals surface area (Å²) in [6.45, 7) is 5.27. The number of aliphatic hydroxyl groups is 1. The van der Waals surface area contributed by atoms with E-state index in [0.29, 0.717) is 12.0 Å². The van der Waals surface area contributed by atoms with Crippen molar-refractivity contribution in [2.24, 2.45) is 16.6 Å². The lowest BCUT2D eigenvalue weighted by Gasteiger charge is -2.54. The molecule has 0 spiro atoms. The summed E-state index contributed by atoms with van der Waals surface area (Å²) in [5, 5.41) is 11.7. The van der Waals surface area contributed by atoms with Crippen LogP contribution in [0.25, 0.3) is 0 Å². The second-order valence-corrected chi connectivity index (χ2v) is 8.02. The highest BCUT2D eigenvalue weighted by Crippen LogP contribution is 2.56. The van der Waals surface area contributed by atoms with E-state index in [4.69, 9.17) is 5.73 Å². The Morgan fingerprint density at radius 1 is 1.05 bits per heavy atom. The predicted molar refractivity (Wildman–Crippen MR) is 87.0 cm³/mol. The van der Waals surface area contributed by atoms with Crippen molar-refractivity contribution >= 4 is 0 Å². The summed E-state index contributed by atoms with van der Waals surface area (Å²) in [6, 6.07) is 8.46. The lowest BCUT2D eigenvalue weighted by atomic mass is 9.54. The van der Waals surface area contributed by atoms with Gasteiger partial charge in [0.1, 0.15) is 0 Å². The maximum atomic E-state index is 11.7. The number of nitrogens with two attached hydrogens (primary N) is 1. The van der Waals surface area contributed by atoms with E-state index in [-0.39, 0.29) is 5.41 Å². The van der Waals surface area contributed by atoms with Gasteiger partial charge in [0.05, 0.1) is 5.60 Å². The van der Waals surface area contributed by atoms with Gasteiger partial charge in [0.25, 0.3) is 0 Å². The minimum absolute atomic E-state index is 0.140. The molecule has 1 atom stereocenters. The second kappa shape index (κ2) is 5.10. The summed E-state index contributed by atoms with van der Waals surface area (Å²) in [5.74, 6) is 0. The number of benzene rings is 1. The van der Waals surface area contributed by atoms with Gasteiger partial charge in [-0.05, 0) is 61.5 Å². The number of fused-ring (bicyclic) bond motifs is 1. The van der Waals surface area contributed by atoms with Gasteiger partial charge in [-0.15, -0.1) is 0 Å². The van der Waals surface area contributed by atoms with Crippen LogP contribution in [0.4, 0.5) is 0 Å². The van der Waals surface area contributed by atoms with Crippen molar-refractivity contribution in [2.75, 3.05) is 6.54 Å². The van der Waals surface area contributed by atoms with Gasteiger partial charge in [-0.1, -0.05) is 38.1 Å². The Balaban J connectivity index is 2.01. The molecule has 0 saturated heterocycles. The van der Waals surface area contributed by atoms with Crippen molar-refractivity contribution in [2.45, 2.75) is 64.4 Å². The van der Waals surface area contributed by atoms with E-state index in [0.717, 1.165) is 50.5 Å². The molecule has 2 nitrogen and oxygen atoms in total. The van der Waals surface area contributed by atoms with Crippen LogP contribution in [0.2, 0.25) is 0 Å². The van der Waals surface area contributed by atoms with Gasteiger partial charge in [0.2, 0.25) is 0 Å². The SMILES string of the molecule is CC1(C)CCC(CN)(C2(O)CCCc3ccccc32)CC1. The Morgan fingerprint density at radius 2 is 1.71 bits per heavy atom. The molecule has 1 unspecified atom stereocenters. The third-order valence-corrected chi connectivity index (χ3v) is 6.28. The zero-order valence-corrected chi connectivity index (χ0v) is 13.5. The van der Waals surface area contributed by atoms with Crippen LogP contribution in [0.15, 0.2) is 24.3 Å².